The number of benzene rings is 2. The van der Waals surface area contributed by atoms with E-state index < -0.39 is 6.04 Å². The number of carbonyl (C=O) groups is 1. The van der Waals surface area contributed by atoms with E-state index >= 15 is 0 Å². The summed E-state index contributed by atoms with van der Waals surface area (Å²) in [6.45, 7) is 0. The maximum Gasteiger partial charge on any atom is 0.252 e. The summed E-state index contributed by atoms with van der Waals surface area (Å²) in [5.41, 5.74) is 1.33. The van der Waals surface area contributed by atoms with Crippen LogP contribution in [0.5, 0.6) is 0 Å². The van der Waals surface area contributed by atoms with Crippen molar-refractivity contribution in [3.05, 3.63) is 104 Å². The van der Waals surface area contributed by atoms with Crippen molar-refractivity contribution < 1.29 is 9.18 Å². The van der Waals surface area contributed by atoms with E-state index in [2.05, 4.69) is 10.3 Å². The number of rotatable bonds is 4. The topological polar surface area (TPSA) is 62.0 Å². The summed E-state index contributed by atoms with van der Waals surface area (Å²) < 4.78 is 13.3. The third kappa shape index (κ3) is 3.52. The van der Waals surface area contributed by atoms with E-state index in [1.54, 1.807) is 30.3 Å². The molecular formula is C21H15FN2O2S. The Labute approximate surface area is 158 Å². The molecule has 1 amide bonds. The average Bonchev–Trinajstić information content (AvgIpc) is 3.20. The third-order valence-electron chi connectivity index (χ3n) is 4.30. The number of carbonyl (C=O) groups excluding carboxylic acids is 1. The Morgan fingerprint density at radius 2 is 1.81 bits per heavy atom. The summed E-state index contributed by atoms with van der Waals surface area (Å²) in [5, 5.41) is 5.57. The first-order valence-electron chi connectivity index (χ1n) is 8.33. The molecule has 2 aromatic heterocycles. The quantitative estimate of drug-likeness (QED) is 0.558. The Morgan fingerprint density at radius 1 is 1.04 bits per heavy atom. The Morgan fingerprint density at radius 3 is 2.56 bits per heavy atom. The van der Waals surface area contributed by atoms with Crippen LogP contribution in [0, 0.1) is 5.82 Å². The fourth-order valence-electron chi connectivity index (χ4n) is 3.03. The zero-order valence-corrected chi connectivity index (χ0v) is 14.9. The van der Waals surface area contributed by atoms with Crippen LogP contribution >= 0.6 is 11.3 Å². The highest BCUT2D eigenvalue weighted by atomic mass is 32.1. The van der Waals surface area contributed by atoms with Gasteiger partial charge in [0.2, 0.25) is 5.56 Å². The van der Waals surface area contributed by atoms with E-state index in [1.807, 2.05) is 23.6 Å². The van der Waals surface area contributed by atoms with Gasteiger partial charge in [-0.3, -0.25) is 9.59 Å². The number of hydrogen-bond acceptors (Lipinski definition) is 3. The van der Waals surface area contributed by atoms with Crippen molar-refractivity contribution in [2.75, 3.05) is 0 Å². The molecule has 0 aliphatic rings. The van der Waals surface area contributed by atoms with Gasteiger partial charge in [0.1, 0.15) is 5.82 Å². The molecule has 0 radical (unpaired) electrons. The molecule has 2 heterocycles. The monoisotopic (exact) mass is 378 g/mol. The van der Waals surface area contributed by atoms with Crippen LogP contribution in [0.2, 0.25) is 0 Å². The number of fused-ring (bicyclic) bond motifs is 1. The minimum Gasteiger partial charge on any atom is -0.340 e. The van der Waals surface area contributed by atoms with Gasteiger partial charge >= 0.3 is 0 Å². The van der Waals surface area contributed by atoms with Gasteiger partial charge in [-0.15, -0.1) is 11.3 Å². The first-order chi connectivity index (χ1) is 13.1. The highest BCUT2D eigenvalue weighted by Gasteiger charge is 2.20. The lowest BCUT2D eigenvalue weighted by Crippen LogP contribution is -2.30. The van der Waals surface area contributed by atoms with E-state index in [0.29, 0.717) is 16.5 Å². The van der Waals surface area contributed by atoms with Crippen LogP contribution in [0.1, 0.15) is 26.8 Å². The largest absolute Gasteiger partial charge is 0.340 e. The Hall–Kier alpha value is -3.25. The van der Waals surface area contributed by atoms with Crippen molar-refractivity contribution >= 4 is 28.1 Å². The molecule has 0 fully saturated rings. The number of halogens is 1. The normalized spacial score (nSPS) is 12.0. The fourth-order valence-corrected chi connectivity index (χ4v) is 3.83. The molecule has 0 saturated heterocycles. The van der Waals surface area contributed by atoms with Gasteiger partial charge < -0.3 is 10.3 Å². The molecule has 0 aliphatic carbocycles. The van der Waals surface area contributed by atoms with Crippen molar-refractivity contribution in [2.24, 2.45) is 0 Å². The van der Waals surface area contributed by atoms with Gasteiger partial charge in [-0.05, 0) is 35.2 Å². The number of thiophene rings is 1. The van der Waals surface area contributed by atoms with Gasteiger partial charge in [0.25, 0.3) is 5.91 Å². The smallest absolute Gasteiger partial charge is 0.252 e. The molecular weight excluding hydrogens is 363 g/mol. The number of para-hydroxylation sites is 1. The van der Waals surface area contributed by atoms with E-state index in [0.717, 1.165) is 10.4 Å². The second-order valence-corrected chi connectivity index (χ2v) is 7.05. The second-order valence-electron chi connectivity index (χ2n) is 6.07. The van der Waals surface area contributed by atoms with Crippen molar-refractivity contribution in [1.29, 1.82) is 0 Å². The Bertz CT molecular complexity index is 1150. The predicted octanol–water partition coefficient (Wildman–Crippen LogP) is 4.25. The molecule has 0 bridgehead atoms. The molecule has 1 atom stereocenters. The van der Waals surface area contributed by atoms with Gasteiger partial charge in [-0.1, -0.05) is 36.4 Å². The minimum absolute atomic E-state index is 0.304. The summed E-state index contributed by atoms with van der Waals surface area (Å²) in [6.07, 6.45) is 0. The van der Waals surface area contributed by atoms with Crippen LogP contribution in [0.3, 0.4) is 0 Å². The molecule has 0 unspecified atom stereocenters. The minimum atomic E-state index is -0.434. The maximum atomic E-state index is 13.3. The van der Waals surface area contributed by atoms with Gasteiger partial charge in [-0.25, -0.2) is 4.39 Å². The molecule has 4 rings (SSSR count). The molecule has 27 heavy (non-hydrogen) atoms. The lowest BCUT2D eigenvalue weighted by Gasteiger charge is -2.19. The number of nitrogens with one attached hydrogen (secondary N) is 2. The average molecular weight is 378 g/mol. The summed E-state index contributed by atoms with van der Waals surface area (Å²) >= 11 is 1.50. The van der Waals surface area contributed by atoms with E-state index in [4.69, 9.17) is 0 Å². The molecule has 6 heteroatoms. The summed E-state index contributed by atoms with van der Waals surface area (Å²) in [7, 11) is 0. The molecule has 4 nitrogen and oxygen atoms in total. The highest BCUT2D eigenvalue weighted by Crippen LogP contribution is 2.27. The van der Waals surface area contributed by atoms with Crippen LogP contribution in [0.25, 0.3) is 10.9 Å². The van der Waals surface area contributed by atoms with Crippen LogP contribution in [-0.4, -0.2) is 10.9 Å². The van der Waals surface area contributed by atoms with Crippen LogP contribution in [0.15, 0.2) is 76.9 Å². The molecule has 2 N–H and O–H groups in total. The summed E-state index contributed by atoms with van der Waals surface area (Å²) in [5.74, 6) is -0.699. The number of pyridine rings is 1. The van der Waals surface area contributed by atoms with E-state index in [1.165, 1.54) is 29.5 Å². The van der Waals surface area contributed by atoms with E-state index in [-0.39, 0.29) is 17.3 Å². The van der Waals surface area contributed by atoms with E-state index in [9.17, 15) is 14.0 Å². The van der Waals surface area contributed by atoms with Gasteiger partial charge in [0.05, 0.1) is 11.6 Å². The van der Waals surface area contributed by atoms with Crippen molar-refractivity contribution in [2.45, 2.75) is 6.04 Å². The SMILES string of the molecule is O=C(N[C@@H](c1ccc(F)cc1)c1cccs1)c1cc(=O)[nH]c2ccccc12. The summed E-state index contributed by atoms with van der Waals surface area (Å²) in [4.78, 5) is 28.6. The fraction of sp³-hybridized carbons (Fsp3) is 0.0476. The lowest BCUT2D eigenvalue weighted by molar-refractivity contribution is 0.0945. The zero-order chi connectivity index (χ0) is 18.8. The highest BCUT2D eigenvalue weighted by molar-refractivity contribution is 7.10. The molecule has 0 spiro atoms. The zero-order valence-electron chi connectivity index (χ0n) is 14.1. The molecule has 0 aliphatic heterocycles. The standard InChI is InChI=1S/C21H15FN2O2S/c22-14-9-7-13(8-10-14)20(18-6-3-11-27-18)24-21(26)16-12-19(25)23-17-5-2-1-4-15(16)17/h1-12,20H,(H,23,25)(H,24,26)/t20-/m0/s1. The number of aromatic nitrogens is 1. The molecule has 134 valence electrons. The van der Waals surface area contributed by atoms with Crippen LogP contribution < -0.4 is 10.9 Å². The van der Waals surface area contributed by atoms with Gasteiger partial charge in [-0.2, -0.15) is 0 Å². The number of H-pyrrole nitrogens is 1. The number of hydrogen-bond donors (Lipinski definition) is 2. The Balaban J connectivity index is 1.75. The number of aromatic amines is 1. The van der Waals surface area contributed by atoms with Crippen molar-refractivity contribution in [3.8, 4) is 0 Å². The first-order valence-corrected chi connectivity index (χ1v) is 9.21. The van der Waals surface area contributed by atoms with Gasteiger partial charge in [0, 0.05) is 21.8 Å². The summed E-state index contributed by atoms with van der Waals surface area (Å²) in [6, 6.07) is 17.9. The Kier molecular flexibility index (Phi) is 4.56. The molecule has 2 aromatic carbocycles. The van der Waals surface area contributed by atoms with Crippen LogP contribution in [-0.2, 0) is 0 Å². The molecule has 0 saturated carbocycles. The lowest BCUT2D eigenvalue weighted by atomic mass is 10.0. The molecule has 4 aromatic rings. The predicted molar refractivity (Wildman–Crippen MR) is 105 cm³/mol. The number of amides is 1. The third-order valence-corrected chi connectivity index (χ3v) is 5.24. The first kappa shape index (κ1) is 17.2. The van der Waals surface area contributed by atoms with Crippen LogP contribution in [0.4, 0.5) is 4.39 Å². The van der Waals surface area contributed by atoms with Crippen molar-refractivity contribution in [3.63, 3.8) is 0 Å². The second kappa shape index (κ2) is 7.17. The van der Waals surface area contributed by atoms with Gasteiger partial charge in [0.15, 0.2) is 0 Å². The van der Waals surface area contributed by atoms with Crippen molar-refractivity contribution in [1.82, 2.24) is 10.3 Å². The maximum absolute atomic E-state index is 13.3.